The van der Waals surface area contributed by atoms with E-state index in [9.17, 15) is 0 Å². The molecule has 1 aliphatic carbocycles. The molecule has 0 amide bonds. The van der Waals surface area contributed by atoms with Gasteiger partial charge in [0, 0.05) is 5.54 Å². The third-order valence-corrected chi connectivity index (χ3v) is 3.12. The minimum atomic E-state index is 0.563. The molecule has 2 aliphatic rings. The van der Waals surface area contributed by atoms with Gasteiger partial charge in [0.15, 0.2) is 0 Å². The second-order valence-electron chi connectivity index (χ2n) is 3.91. The quantitative estimate of drug-likeness (QED) is 0.541. The van der Waals surface area contributed by atoms with Crippen molar-refractivity contribution in [2.75, 3.05) is 19.6 Å². The van der Waals surface area contributed by atoms with Crippen LogP contribution in [0.25, 0.3) is 0 Å². The summed E-state index contributed by atoms with van der Waals surface area (Å²) in [5.74, 6) is 0. The average molecular weight is 154 g/mol. The summed E-state index contributed by atoms with van der Waals surface area (Å²) < 4.78 is 0. The molecule has 2 nitrogen and oxygen atoms in total. The molecule has 1 saturated carbocycles. The molecule has 0 aromatic rings. The molecule has 0 radical (unpaired) electrons. The Balaban J connectivity index is 1.86. The molecule has 1 spiro atoms. The third kappa shape index (κ3) is 1.57. The van der Waals surface area contributed by atoms with E-state index >= 15 is 0 Å². The van der Waals surface area contributed by atoms with Crippen molar-refractivity contribution in [2.24, 2.45) is 0 Å². The zero-order valence-corrected chi connectivity index (χ0v) is 7.16. The molecule has 0 atom stereocenters. The van der Waals surface area contributed by atoms with Gasteiger partial charge in [-0.15, -0.1) is 0 Å². The van der Waals surface area contributed by atoms with Crippen LogP contribution < -0.4 is 10.6 Å². The second-order valence-corrected chi connectivity index (χ2v) is 3.91. The maximum Gasteiger partial charge on any atom is 0.0193 e. The summed E-state index contributed by atoms with van der Waals surface area (Å²) in [6.45, 7) is 3.63. The van der Waals surface area contributed by atoms with Gasteiger partial charge in [0.25, 0.3) is 0 Å². The van der Waals surface area contributed by atoms with Crippen molar-refractivity contribution in [1.29, 1.82) is 0 Å². The first-order valence-corrected chi connectivity index (χ1v) is 4.87. The fourth-order valence-electron chi connectivity index (χ4n) is 2.14. The minimum absolute atomic E-state index is 0.563. The fourth-order valence-corrected chi connectivity index (χ4v) is 2.14. The summed E-state index contributed by atoms with van der Waals surface area (Å²) in [6, 6.07) is 0. The molecule has 0 bridgehead atoms. The van der Waals surface area contributed by atoms with E-state index in [4.69, 9.17) is 0 Å². The molecule has 1 saturated heterocycles. The van der Waals surface area contributed by atoms with Crippen LogP contribution in [0, 0.1) is 0 Å². The van der Waals surface area contributed by atoms with Gasteiger partial charge in [-0.1, -0.05) is 0 Å². The normalized spacial score (nSPS) is 30.5. The summed E-state index contributed by atoms with van der Waals surface area (Å²) in [5.41, 5.74) is 0.563. The van der Waals surface area contributed by atoms with Gasteiger partial charge in [0.1, 0.15) is 0 Å². The molecule has 2 heteroatoms. The zero-order valence-electron chi connectivity index (χ0n) is 7.16. The van der Waals surface area contributed by atoms with Gasteiger partial charge >= 0.3 is 0 Å². The minimum Gasteiger partial charge on any atom is -0.317 e. The topological polar surface area (TPSA) is 24.1 Å². The van der Waals surface area contributed by atoms with E-state index in [-0.39, 0.29) is 0 Å². The molecule has 0 aromatic carbocycles. The lowest BCUT2D eigenvalue weighted by atomic mass is 9.74. The SMILES string of the molecule is C1CNCCC2(CCC2)NC1. The monoisotopic (exact) mass is 154 g/mol. The van der Waals surface area contributed by atoms with Crippen LogP contribution in [-0.2, 0) is 0 Å². The second kappa shape index (κ2) is 3.11. The first-order chi connectivity index (χ1) is 5.41. The van der Waals surface area contributed by atoms with Gasteiger partial charge < -0.3 is 10.6 Å². The van der Waals surface area contributed by atoms with E-state index in [2.05, 4.69) is 10.6 Å². The van der Waals surface area contributed by atoms with Gasteiger partial charge in [-0.05, 0) is 51.7 Å². The number of hydrogen-bond donors (Lipinski definition) is 2. The van der Waals surface area contributed by atoms with Crippen LogP contribution in [0.4, 0.5) is 0 Å². The van der Waals surface area contributed by atoms with Crippen LogP contribution in [0.15, 0.2) is 0 Å². The molecule has 11 heavy (non-hydrogen) atoms. The van der Waals surface area contributed by atoms with E-state index < -0.39 is 0 Å². The van der Waals surface area contributed by atoms with E-state index in [1.807, 2.05) is 0 Å². The molecule has 1 aliphatic heterocycles. The Labute approximate surface area is 68.7 Å². The standard InChI is InChI=1S/C9H18N2/c1-3-9(4-1)5-8-10-6-2-7-11-9/h10-11H,1-8H2. The van der Waals surface area contributed by atoms with Crippen molar-refractivity contribution in [2.45, 2.75) is 37.6 Å². The molecular weight excluding hydrogens is 136 g/mol. The van der Waals surface area contributed by atoms with E-state index in [1.54, 1.807) is 0 Å². The lowest BCUT2D eigenvalue weighted by Crippen LogP contribution is -2.54. The largest absolute Gasteiger partial charge is 0.317 e. The third-order valence-electron chi connectivity index (χ3n) is 3.12. The highest BCUT2D eigenvalue weighted by Gasteiger charge is 2.35. The van der Waals surface area contributed by atoms with Crippen molar-refractivity contribution in [3.05, 3.63) is 0 Å². The van der Waals surface area contributed by atoms with Gasteiger partial charge in [0.05, 0.1) is 0 Å². The molecule has 1 heterocycles. The van der Waals surface area contributed by atoms with Crippen molar-refractivity contribution in [3.8, 4) is 0 Å². The van der Waals surface area contributed by atoms with Crippen molar-refractivity contribution >= 4 is 0 Å². The number of nitrogens with one attached hydrogen (secondary N) is 2. The van der Waals surface area contributed by atoms with Crippen LogP contribution in [0.3, 0.4) is 0 Å². The van der Waals surface area contributed by atoms with Gasteiger partial charge in [-0.3, -0.25) is 0 Å². The molecule has 2 rings (SSSR count). The van der Waals surface area contributed by atoms with Crippen LogP contribution >= 0.6 is 0 Å². The summed E-state index contributed by atoms with van der Waals surface area (Å²) in [5, 5.41) is 7.17. The Morgan fingerprint density at radius 1 is 0.818 bits per heavy atom. The van der Waals surface area contributed by atoms with Crippen LogP contribution in [0.5, 0.6) is 0 Å². The highest BCUT2D eigenvalue weighted by Crippen LogP contribution is 2.34. The van der Waals surface area contributed by atoms with Gasteiger partial charge in [0.2, 0.25) is 0 Å². The Morgan fingerprint density at radius 2 is 1.73 bits per heavy atom. The Kier molecular flexibility index (Phi) is 2.14. The average Bonchev–Trinajstić information content (AvgIpc) is 1.82. The van der Waals surface area contributed by atoms with Crippen molar-refractivity contribution in [3.63, 3.8) is 0 Å². The Bertz CT molecular complexity index is 120. The predicted molar refractivity (Wildman–Crippen MR) is 46.7 cm³/mol. The maximum absolute atomic E-state index is 3.69. The molecule has 0 aromatic heterocycles. The predicted octanol–water partition coefficient (Wildman–Crippen LogP) is 0.882. The first-order valence-electron chi connectivity index (χ1n) is 4.87. The van der Waals surface area contributed by atoms with Gasteiger partial charge in [-0.2, -0.15) is 0 Å². The van der Waals surface area contributed by atoms with Crippen molar-refractivity contribution in [1.82, 2.24) is 10.6 Å². The summed E-state index contributed by atoms with van der Waals surface area (Å²) in [7, 11) is 0. The smallest absolute Gasteiger partial charge is 0.0193 e. The Morgan fingerprint density at radius 3 is 2.45 bits per heavy atom. The lowest BCUT2D eigenvalue weighted by Gasteiger charge is -2.44. The summed E-state index contributed by atoms with van der Waals surface area (Å²) >= 11 is 0. The zero-order chi connectivity index (χ0) is 7.57. The van der Waals surface area contributed by atoms with Crippen molar-refractivity contribution < 1.29 is 0 Å². The highest BCUT2D eigenvalue weighted by atomic mass is 15.0. The molecule has 2 fully saturated rings. The molecule has 2 N–H and O–H groups in total. The van der Waals surface area contributed by atoms with E-state index in [1.165, 1.54) is 51.7 Å². The van der Waals surface area contributed by atoms with Crippen LogP contribution in [0.2, 0.25) is 0 Å². The Hall–Kier alpha value is -0.0800. The fraction of sp³-hybridized carbons (Fsp3) is 1.00. The number of rotatable bonds is 0. The number of hydrogen-bond acceptors (Lipinski definition) is 2. The summed E-state index contributed by atoms with van der Waals surface area (Å²) in [4.78, 5) is 0. The van der Waals surface area contributed by atoms with Crippen LogP contribution in [0.1, 0.15) is 32.1 Å². The van der Waals surface area contributed by atoms with E-state index in [0.29, 0.717) is 5.54 Å². The molecular formula is C9H18N2. The molecule has 0 unspecified atom stereocenters. The van der Waals surface area contributed by atoms with Gasteiger partial charge in [-0.25, -0.2) is 0 Å². The molecule has 64 valence electrons. The summed E-state index contributed by atoms with van der Waals surface area (Å²) in [6.07, 6.45) is 6.89. The lowest BCUT2D eigenvalue weighted by molar-refractivity contribution is 0.162. The first kappa shape index (κ1) is 7.56. The highest BCUT2D eigenvalue weighted by molar-refractivity contribution is 4.96. The maximum atomic E-state index is 3.69. The van der Waals surface area contributed by atoms with E-state index in [0.717, 1.165) is 0 Å². The van der Waals surface area contributed by atoms with Crippen LogP contribution in [-0.4, -0.2) is 25.2 Å².